The predicted octanol–water partition coefficient (Wildman–Crippen LogP) is 1.35. The number of carbonyl (C=O) groups is 1. The van der Waals surface area contributed by atoms with Crippen molar-refractivity contribution >= 4 is 6.03 Å². The summed E-state index contributed by atoms with van der Waals surface area (Å²) in [5.74, 6) is 0. The molecule has 92 valence electrons. The first-order valence-electron chi connectivity index (χ1n) is 5.91. The van der Waals surface area contributed by atoms with Crippen molar-refractivity contribution < 1.29 is 9.90 Å². The summed E-state index contributed by atoms with van der Waals surface area (Å²) in [6.07, 6.45) is 0.0633. The topological polar surface area (TPSA) is 61.4 Å². The molecule has 0 heterocycles. The largest absolute Gasteiger partial charge is 0.390 e. The van der Waals surface area contributed by atoms with E-state index in [0.29, 0.717) is 6.42 Å². The van der Waals surface area contributed by atoms with E-state index < -0.39 is 6.10 Å². The van der Waals surface area contributed by atoms with Gasteiger partial charge >= 0.3 is 6.03 Å². The molecule has 0 saturated carbocycles. The van der Waals surface area contributed by atoms with E-state index in [1.165, 1.54) is 0 Å². The summed E-state index contributed by atoms with van der Waals surface area (Å²) in [7, 11) is 0. The molecule has 1 aliphatic carbocycles. The lowest BCUT2D eigenvalue weighted by molar-refractivity contribution is 0.142. The number of fused-ring (bicyclic) bond motifs is 1. The molecule has 2 rings (SSSR count). The number of nitrogens with one attached hydrogen (secondary N) is 2. The van der Waals surface area contributed by atoms with Crippen LogP contribution in [0.4, 0.5) is 4.79 Å². The van der Waals surface area contributed by atoms with Gasteiger partial charge < -0.3 is 15.7 Å². The Kier molecular flexibility index (Phi) is 3.33. The van der Waals surface area contributed by atoms with Gasteiger partial charge in [0.1, 0.15) is 0 Å². The Labute approximate surface area is 101 Å². The Morgan fingerprint density at radius 2 is 2.12 bits per heavy atom. The average molecular weight is 234 g/mol. The Morgan fingerprint density at radius 3 is 2.82 bits per heavy atom. The van der Waals surface area contributed by atoms with Crippen LogP contribution in [0.25, 0.3) is 0 Å². The molecule has 0 aliphatic heterocycles. The number of benzene rings is 1. The molecule has 2 amide bonds. The first-order chi connectivity index (χ1) is 8.08. The maximum atomic E-state index is 11.6. The normalized spacial score (nSPS) is 22.4. The predicted molar refractivity (Wildman–Crippen MR) is 65.7 cm³/mol. The van der Waals surface area contributed by atoms with Gasteiger partial charge in [0.25, 0.3) is 0 Å². The molecule has 0 radical (unpaired) electrons. The van der Waals surface area contributed by atoms with Gasteiger partial charge in [0, 0.05) is 12.5 Å². The first-order valence-corrected chi connectivity index (χ1v) is 5.91. The van der Waals surface area contributed by atoms with Gasteiger partial charge in [-0.25, -0.2) is 4.79 Å². The fraction of sp³-hybridized carbons (Fsp3) is 0.462. The van der Waals surface area contributed by atoms with E-state index in [1.807, 2.05) is 38.1 Å². The van der Waals surface area contributed by atoms with Gasteiger partial charge in [-0.3, -0.25) is 0 Å². The SMILES string of the molecule is CC(C)NC(=O)N[C@@H]1c2ccccc2C[C@@H]1O. The molecule has 4 nitrogen and oxygen atoms in total. The van der Waals surface area contributed by atoms with Crippen LogP contribution in [0.15, 0.2) is 24.3 Å². The van der Waals surface area contributed by atoms with Crippen LogP contribution in [0.3, 0.4) is 0 Å². The van der Waals surface area contributed by atoms with Crippen LogP contribution in [0, 0.1) is 0 Å². The van der Waals surface area contributed by atoms with Crippen molar-refractivity contribution in [1.82, 2.24) is 10.6 Å². The summed E-state index contributed by atoms with van der Waals surface area (Å²) >= 11 is 0. The molecule has 1 aromatic rings. The average Bonchev–Trinajstić information content (AvgIpc) is 2.55. The second-order valence-corrected chi connectivity index (χ2v) is 4.72. The van der Waals surface area contributed by atoms with Crippen LogP contribution in [0.1, 0.15) is 31.0 Å². The molecule has 4 heteroatoms. The number of rotatable bonds is 2. The van der Waals surface area contributed by atoms with Crippen molar-refractivity contribution in [3.8, 4) is 0 Å². The van der Waals surface area contributed by atoms with Gasteiger partial charge in [0.2, 0.25) is 0 Å². The molecule has 0 bridgehead atoms. The molecule has 0 fully saturated rings. The minimum atomic E-state index is -0.537. The van der Waals surface area contributed by atoms with Crippen LogP contribution in [-0.2, 0) is 6.42 Å². The lowest BCUT2D eigenvalue weighted by atomic mass is 10.1. The minimum absolute atomic E-state index is 0.0868. The highest BCUT2D eigenvalue weighted by atomic mass is 16.3. The third-order valence-corrected chi connectivity index (χ3v) is 2.91. The molecule has 1 aromatic carbocycles. The van der Waals surface area contributed by atoms with E-state index >= 15 is 0 Å². The summed E-state index contributed by atoms with van der Waals surface area (Å²) in [6.45, 7) is 3.80. The highest BCUT2D eigenvalue weighted by Gasteiger charge is 2.31. The van der Waals surface area contributed by atoms with Crippen molar-refractivity contribution in [3.05, 3.63) is 35.4 Å². The highest BCUT2D eigenvalue weighted by Crippen LogP contribution is 2.30. The standard InChI is InChI=1S/C13H18N2O2/c1-8(2)14-13(17)15-12-10-6-4-3-5-9(10)7-11(12)16/h3-6,8,11-12,16H,7H2,1-2H3,(H2,14,15,17)/t11-,12+/m0/s1. The zero-order chi connectivity index (χ0) is 12.4. The zero-order valence-corrected chi connectivity index (χ0v) is 10.1. The van der Waals surface area contributed by atoms with Crippen LogP contribution in [0.2, 0.25) is 0 Å². The zero-order valence-electron chi connectivity index (χ0n) is 10.1. The van der Waals surface area contributed by atoms with Gasteiger partial charge in [0.05, 0.1) is 12.1 Å². The minimum Gasteiger partial charge on any atom is -0.390 e. The Bertz CT molecular complexity index is 418. The summed E-state index contributed by atoms with van der Waals surface area (Å²) < 4.78 is 0. The van der Waals surface area contributed by atoms with E-state index in [1.54, 1.807) is 0 Å². The molecule has 0 unspecified atom stereocenters. The van der Waals surface area contributed by atoms with Gasteiger partial charge in [-0.1, -0.05) is 24.3 Å². The summed E-state index contributed by atoms with van der Waals surface area (Å²) in [5.41, 5.74) is 2.12. The lowest BCUT2D eigenvalue weighted by Gasteiger charge is -2.19. The smallest absolute Gasteiger partial charge is 0.315 e. The van der Waals surface area contributed by atoms with Gasteiger partial charge in [-0.05, 0) is 25.0 Å². The number of hydrogen-bond donors (Lipinski definition) is 3. The number of amides is 2. The number of carbonyl (C=O) groups excluding carboxylic acids is 1. The van der Waals surface area contributed by atoms with Crippen molar-refractivity contribution in [2.75, 3.05) is 0 Å². The van der Waals surface area contributed by atoms with Crippen LogP contribution in [0.5, 0.6) is 0 Å². The van der Waals surface area contributed by atoms with E-state index in [4.69, 9.17) is 0 Å². The molecule has 0 aromatic heterocycles. The van der Waals surface area contributed by atoms with Crippen molar-refractivity contribution in [3.63, 3.8) is 0 Å². The maximum absolute atomic E-state index is 11.6. The summed E-state index contributed by atoms with van der Waals surface area (Å²) in [6, 6.07) is 7.36. The Morgan fingerprint density at radius 1 is 1.41 bits per heavy atom. The summed E-state index contributed by atoms with van der Waals surface area (Å²) in [5, 5.41) is 15.5. The molecular formula is C13H18N2O2. The number of aliphatic hydroxyl groups excluding tert-OH is 1. The second kappa shape index (κ2) is 4.75. The highest BCUT2D eigenvalue weighted by molar-refractivity contribution is 5.75. The monoisotopic (exact) mass is 234 g/mol. The number of aliphatic hydroxyl groups is 1. The third kappa shape index (κ3) is 2.58. The van der Waals surface area contributed by atoms with Crippen LogP contribution < -0.4 is 10.6 Å². The fourth-order valence-electron chi connectivity index (χ4n) is 2.19. The summed E-state index contributed by atoms with van der Waals surface area (Å²) in [4.78, 5) is 11.6. The van der Waals surface area contributed by atoms with E-state index in [2.05, 4.69) is 10.6 Å². The van der Waals surface area contributed by atoms with Crippen molar-refractivity contribution in [2.45, 2.75) is 38.5 Å². The number of hydrogen-bond acceptors (Lipinski definition) is 2. The van der Waals surface area contributed by atoms with Crippen LogP contribution >= 0.6 is 0 Å². The second-order valence-electron chi connectivity index (χ2n) is 4.72. The first kappa shape index (κ1) is 11.9. The van der Waals surface area contributed by atoms with E-state index in [9.17, 15) is 9.90 Å². The molecule has 0 saturated heterocycles. The van der Waals surface area contributed by atoms with Gasteiger partial charge in [-0.2, -0.15) is 0 Å². The van der Waals surface area contributed by atoms with Crippen molar-refractivity contribution in [1.29, 1.82) is 0 Å². The maximum Gasteiger partial charge on any atom is 0.315 e. The van der Waals surface area contributed by atoms with E-state index in [-0.39, 0.29) is 18.1 Å². The lowest BCUT2D eigenvalue weighted by Crippen LogP contribution is -2.43. The molecular weight excluding hydrogens is 216 g/mol. The Balaban J connectivity index is 2.09. The third-order valence-electron chi connectivity index (χ3n) is 2.91. The van der Waals surface area contributed by atoms with Crippen LogP contribution in [-0.4, -0.2) is 23.3 Å². The van der Waals surface area contributed by atoms with E-state index in [0.717, 1.165) is 11.1 Å². The molecule has 3 N–H and O–H groups in total. The van der Waals surface area contributed by atoms with Crippen molar-refractivity contribution in [2.24, 2.45) is 0 Å². The quantitative estimate of drug-likeness (QED) is 0.723. The molecule has 17 heavy (non-hydrogen) atoms. The Hall–Kier alpha value is -1.55. The molecule has 0 spiro atoms. The fourth-order valence-corrected chi connectivity index (χ4v) is 2.19. The van der Waals surface area contributed by atoms with Gasteiger partial charge in [0.15, 0.2) is 0 Å². The van der Waals surface area contributed by atoms with Gasteiger partial charge in [-0.15, -0.1) is 0 Å². The number of urea groups is 1. The molecule has 2 atom stereocenters. The molecule has 1 aliphatic rings.